The predicted molar refractivity (Wildman–Crippen MR) is 69.1 cm³/mol. The molecule has 1 unspecified atom stereocenters. The molecule has 104 valence electrons. The van der Waals surface area contributed by atoms with E-state index in [4.69, 9.17) is 9.47 Å². The van der Waals surface area contributed by atoms with Gasteiger partial charge in [-0.15, -0.1) is 10.2 Å². The first-order valence-electron chi connectivity index (χ1n) is 6.55. The van der Waals surface area contributed by atoms with Gasteiger partial charge in [-0.25, -0.2) is 0 Å². The van der Waals surface area contributed by atoms with Gasteiger partial charge in [0, 0.05) is 31.5 Å². The Morgan fingerprint density at radius 1 is 1.42 bits per heavy atom. The van der Waals surface area contributed by atoms with Gasteiger partial charge in [0.25, 0.3) is 0 Å². The van der Waals surface area contributed by atoms with E-state index in [1.807, 2.05) is 11.8 Å². The van der Waals surface area contributed by atoms with Gasteiger partial charge >= 0.3 is 0 Å². The Hall–Kier alpha value is -1.85. The fraction of sp³-hybridized carbons (Fsp3) is 0.615. The van der Waals surface area contributed by atoms with Crippen molar-refractivity contribution in [3.8, 4) is 11.8 Å². The molecule has 2 rings (SSSR count). The van der Waals surface area contributed by atoms with Crippen molar-refractivity contribution in [2.45, 2.75) is 32.3 Å². The van der Waals surface area contributed by atoms with Gasteiger partial charge in [0.2, 0.25) is 17.7 Å². The summed E-state index contributed by atoms with van der Waals surface area (Å²) in [7, 11) is 1.54. The van der Waals surface area contributed by atoms with Crippen LogP contribution in [-0.2, 0) is 4.79 Å². The van der Waals surface area contributed by atoms with Crippen molar-refractivity contribution in [3.63, 3.8) is 0 Å². The third-order valence-electron chi connectivity index (χ3n) is 3.07. The first-order valence-corrected chi connectivity index (χ1v) is 6.55. The Morgan fingerprint density at radius 3 is 2.79 bits per heavy atom. The molecule has 1 fully saturated rings. The molecular weight excluding hydrogens is 246 g/mol. The molecule has 2 heterocycles. The minimum atomic E-state index is 0.00324. The summed E-state index contributed by atoms with van der Waals surface area (Å²) in [5.41, 5.74) is 0. The van der Waals surface area contributed by atoms with Gasteiger partial charge < -0.3 is 14.4 Å². The van der Waals surface area contributed by atoms with Gasteiger partial charge in [0.15, 0.2) is 0 Å². The summed E-state index contributed by atoms with van der Waals surface area (Å²) in [6.07, 6.45) is 2.33. The summed E-state index contributed by atoms with van der Waals surface area (Å²) in [6, 6.07) is 3.43. The van der Waals surface area contributed by atoms with Crippen LogP contribution < -0.4 is 9.47 Å². The van der Waals surface area contributed by atoms with Gasteiger partial charge in [-0.1, -0.05) is 6.92 Å². The van der Waals surface area contributed by atoms with E-state index in [1.165, 1.54) is 0 Å². The van der Waals surface area contributed by atoms with Crippen LogP contribution in [0, 0.1) is 0 Å². The van der Waals surface area contributed by atoms with Crippen molar-refractivity contribution in [2.24, 2.45) is 0 Å². The Bertz CT molecular complexity index is 422. The standard InChI is InChI=1S/C13H19N3O3/c1-3-4-13(17)16-8-7-10(9-16)19-12-6-5-11(18-2)14-15-12/h5-6,10H,3-4,7-9H2,1-2H3. The zero-order chi connectivity index (χ0) is 13.7. The molecule has 1 saturated heterocycles. The Kier molecular flexibility index (Phi) is 4.54. The Labute approximate surface area is 112 Å². The maximum absolute atomic E-state index is 11.8. The Morgan fingerprint density at radius 2 is 2.16 bits per heavy atom. The second-order valence-electron chi connectivity index (χ2n) is 4.53. The third-order valence-corrected chi connectivity index (χ3v) is 3.07. The number of hydrogen-bond donors (Lipinski definition) is 0. The first kappa shape index (κ1) is 13.6. The van der Waals surface area contributed by atoms with E-state index in [-0.39, 0.29) is 12.0 Å². The number of aromatic nitrogens is 2. The number of carbonyl (C=O) groups excluding carboxylic acids is 1. The van der Waals surface area contributed by atoms with Crippen LogP contribution in [0.4, 0.5) is 0 Å². The number of carbonyl (C=O) groups is 1. The minimum absolute atomic E-state index is 0.00324. The zero-order valence-electron chi connectivity index (χ0n) is 11.3. The number of hydrogen-bond acceptors (Lipinski definition) is 5. The summed E-state index contributed by atoms with van der Waals surface area (Å²) in [4.78, 5) is 13.6. The summed E-state index contributed by atoms with van der Waals surface area (Å²) >= 11 is 0. The smallest absolute Gasteiger partial charge is 0.233 e. The number of ether oxygens (including phenoxy) is 2. The molecule has 1 aliphatic heterocycles. The molecule has 0 N–H and O–H groups in total. The molecule has 6 heteroatoms. The van der Waals surface area contributed by atoms with E-state index >= 15 is 0 Å². The van der Waals surface area contributed by atoms with Gasteiger partial charge in [0.05, 0.1) is 13.7 Å². The van der Waals surface area contributed by atoms with E-state index in [2.05, 4.69) is 10.2 Å². The van der Waals surface area contributed by atoms with Crippen molar-refractivity contribution >= 4 is 5.91 Å². The van der Waals surface area contributed by atoms with Crippen molar-refractivity contribution in [1.82, 2.24) is 15.1 Å². The van der Waals surface area contributed by atoms with Crippen molar-refractivity contribution in [1.29, 1.82) is 0 Å². The van der Waals surface area contributed by atoms with Gasteiger partial charge in [-0.05, 0) is 6.42 Å². The summed E-state index contributed by atoms with van der Waals surface area (Å²) in [6.45, 7) is 3.40. The highest BCUT2D eigenvalue weighted by molar-refractivity contribution is 5.76. The quantitative estimate of drug-likeness (QED) is 0.802. The molecule has 0 aliphatic carbocycles. The lowest BCUT2D eigenvalue weighted by Crippen LogP contribution is -2.30. The lowest BCUT2D eigenvalue weighted by molar-refractivity contribution is -0.130. The van der Waals surface area contributed by atoms with Crippen LogP contribution in [0.25, 0.3) is 0 Å². The number of methoxy groups -OCH3 is 1. The van der Waals surface area contributed by atoms with Crippen LogP contribution in [0.2, 0.25) is 0 Å². The average Bonchev–Trinajstić information content (AvgIpc) is 2.88. The van der Waals surface area contributed by atoms with Crippen LogP contribution in [0.5, 0.6) is 11.8 Å². The zero-order valence-corrected chi connectivity index (χ0v) is 11.3. The summed E-state index contributed by atoms with van der Waals surface area (Å²) in [5.74, 6) is 1.13. The number of nitrogens with zero attached hydrogens (tertiary/aromatic N) is 3. The van der Waals surface area contributed by atoms with E-state index < -0.39 is 0 Å². The molecule has 1 amide bonds. The molecule has 1 aromatic rings. The molecule has 19 heavy (non-hydrogen) atoms. The highest BCUT2D eigenvalue weighted by atomic mass is 16.5. The predicted octanol–water partition coefficient (Wildman–Crippen LogP) is 1.27. The van der Waals surface area contributed by atoms with E-state index in [9.17, 15) is 4.79 Å². The van der Waals surface area contributed by atoms with Crippen molar-refractivity contribution < 1.29 is 14.3 Å². The monoisotopic (exact) mass is 265 g/mol. The molecule has 0 saturated carbocycles. The van der Waals surface area contributed by atoms with Crippen molar-refractivity contribution in [2.75, 3.05) is 20.2 Å². The largest absolute Gasteiger partial charge is 0.480 e. The Balaban J connectivity index is 1.85. The molecule has 0 radical (unpaired) electrons. The van der Waals surface area contributed by atoms with Crippen LogP contribution in [0.1, 0.15) is 26.2 Å². The van der Waals surface area contributed by atoms with Crippen LogP contribution in [-0.4, -0.2) is 47.3 Å². The van der Waals surface area contributed by atoms with Crippen molar-refractivity contribution in [3.05, 3.63) is 12.1 Å². The van der Waals surface area contributed by atoms with Gasteiger partial charge in [-0.3, -0.25) is 4.79 Å². The fourth-order valence-electron chi connectivity index (χ4n) is 2.07. The molecule has 0 aromatic carbocycles. The van der Waals surface area contributed by atoms with Gasteiger partial charge in [0.1, 0.15) is 6.10 Å². The second kappa shape index (κ2) is 6.36. The van der Waals surface area contributed by atoms with Crippen LogP contribution in [0.15, 0.2) is 12.1 Å². The molecule has 1 aliphatic rings. The topological polar surface area (TPSA) is 64.6 Å². The van der Waals surface area contributed by atoms with E-state index in [0.29, 0.717) is 24.7 Å². The molecular formula is C13H19N3O3. The first-order chi connectivity index (χ1) is 9.22. The minimum Gasteiger partial charge on any atom is -0.480 e. The van der Waals surface area contributed by atoms with E-state index in [1.54, 1.807) is 19.2 Å². The molecule has 0 spiro atoms. The third kappa shape index (κ3) is 3.56. The maximum atomic E-state index is 11.8. The normalized spacial score (nSPS) is 18.4. The van der Waals surface area contributed by atoms with Gasteiger partial charge in [-0.2, -0.15) is 0 Å². The molecule has 1 atom stereocenters. The number of likely N-dealkylation sites (tertiary alicyclic amines) is 1. The molecule has 1 aromatic heterocycles. The lowest BCUT2D eigenvalue weighted by atomic mass is 10.3. The highest BCUT2D eigenvalue weighted by Gasteiger charge is 2.27. The molecule has 0 bridgehead atoms. The number of amides is 1. The number of rotatable bonds is 5. The highest BCUT2D eigenvalue weighted by Crippen LogP contribution is 2.18. The maximum Gasteiger partial charge on any atom is 0.233 e. The fourth-order valence-corrected chi connectivity index (χ4v) is 2.07. The van der Waals surface area contributed by atoms with E-state index in [0.717, 1.165) is 19.4 Å². The molecule has 6 nitrogen and oxygen atoms in total. The summed E-state index contributed by atoms with van der Waals surface area (Å²) < 4.78 is 10.6. The van der Waals surface area contributed by atoms with Crippen LogP contribution >= 0.6 is 0 Å². The SMILES string of the molecule is CCCC(=O)N1CCC(Oc2ccc(OC)nn2)C1. The summed E-state index contributed by atoms with van der Waals surface area (Å²) in [5, 5.41) is 7.76. The second-order valence-corrected chi connectivity index (χ2v) is 4.53. The lowest BCUT2D eigenvalue weighted by Gasteiger charge is -2.16. The van der Waals surface area contributed by atoms with Crippen LogP contribution in [0.3, 0.4) is 0 Å². The average molecular weight is 265 g/mol.